The van der Waals surface area contributed by atoms with Gasteiger partial charge in [0.2, 0.25) is 11.1 Å². The van der Waals surface area contributed by atoms with Crippen LogP contribution in [-0.4, -0.2) is 49.4 Å². The van der Waals surface area contributed by atoms with E-state index in [0.717, 1.165) is 43.6 Å². The number of carbonyl (C=O) groups excluding carboxylic acids is 1. The Hall–Kier alpha value is -2.67. The van der Waals surface area contributed by atoms with Gasteiger partial charge in [-0.25, -0.2) is 0 Å². The zero-order valence-corrected chi connectivity index (χ0v) is 18.3. The van der Waals surface area contributed by atoms with Crippen molar-refractivity contribution >= 4 is 17.7 Å². The Morgan fingerprint density at radius 2 is 1.80 bits per heavy atom. The molecule has 1 saturated heterocycles. The summed E-state index contributed by atoms with van der Waals surface area (Å²) in [6.07, 6.45) is 3.20. The maximum absolute atomic E-state index is 13.0. The van der Waals surface area contributed by atoms with Crippen molar-refractivity contribution in [2.45, 2.75) is 43.5 Å². The Morgan fingerprint density at radius 3 is 2.53 bits per heavy atom. The monoisotopic (exact) mass is 421 g/mol. The molecule has 1 fully saturated rings. The minimum atomic E-state index is -0.232. The third-order valence-corrected chi connectivity index (χ3v) is 6.73. The summed E-state index contributed by atoms with van der Waals surface area (Å²) in [6, 6.07) is 18.6. The molecule has 4 rings (SSSR count). The third-order valence-electron chi connectivity index (χ3n) is 5.71. The number of thioether (sulfide) groups is 1. The second-order valence-corrected chi connectivity index (χ2v) is 9.19. The summed E-state index contributed by atoms with van der Waals surface area (Å²) in [6.45, 7) is 5.62. The van der Waals surface area contributed by atoms with Crippen LogP contribution in [0.5, 0.6) is 0 Å². The molecule has 0 saturated carbocycles. The van der Waals surface area contributed by atoms with Gasteiger partial charge in [0.15, 0.2) is 0 Å². The molecule has 0 N–H and O–H groups in total. The number of piperidine rings is 1. The lowest BCUT2D eigenvalue weighted by atomic mass is 9.90. The zero-order chi connectivity index (χ0) is 20.9. The van der Waals surface area contributed by atoms with Gasteiger partial charge in [-0.1, -0.05) is 60.3 Å². The molecule has 2 heterocycles. The van der Waals surface area contributed by atoms with Gasteiger partial charge in [0.1, 0.15) is 0 Å². The van der Waals surface area contributed by atoms with Crippen molar-refractivity contribution < 1.29 is 4.79 Å². The Bertz CT molecular complexity index is 982. The molecule has 1 aliphatic heterocycles. The normalized spacial score (nSPS) is 15.9. The van der Waals surface area contributed by atoms with Crippen LogP contribution in [0.4, 0.5) is 0 Å². The summed E-state index contributed by atoms with van der Waals surface area (Å²) < 4.78 is 1.72. The number of hydrogen-bond acceptors (Lipinski definition) is 5. The molecule has 1 aliphatic rings. The molecule has 1 atom stereocenters. The molecule has 6 nitrogen and oxygen atoms in total. The van der Waals surface area contributed by atoms with E-state index in [9.17, 15) is 4.79 Å². The highest BCUT2D eigenvalue weighted by molar-refractivity contribution is 8.00. The van der Waals surface area contributed by atoms with Gasteiger partial charge >= 0.3 is 0 Å². The van der Waals surface area contributed by atoms with Crippen molar-refractivity contribution in [3.63, 3.8) is 0 Å². The largest absolute Gasteiger partial charge is 0.342 e. The summed E-state index contributed by atoms with van der Waals surface area (Å²) in [5.41, 5.74) is 3.41. The molecule has 0 aliphatic carbocycles. The number of amides is 1. The highest BCUT2D eigenvalue weighted by Crippen LogP contribution is 2.27. The number of para-hydroxylation sites is 1. The molecule has 156 valence electrons. The number of carbonyl (C=O) groups is 1. The van der Waals surface area contributed by atoms with Crippen molar-refractivity contribution in [2.24, 2.45) is 5.92 Å². The zero-order valence-electron chi connectivity index (χ0n) is 17.4. The van der Waals surface area contributed by atoms with Gasteiger partial charge in [-0.05, 0) is 66.6 Å². The fourth-order valence-corrected chi connectivity index (χ4v) is 4.86. The maximum atomic E-state index is 13.0. The van der Waals surface area contributed by atoms with Crippen molar-refractivity contribution in [1.29, 1.82) is 0 Å². The number of aryl methyl sites for hydroxylation is 1. The molecule has 0 radical (unpaired) electrons. The van der Waals surface area contributed by atoms with Crippen LogP contribution >= 0.6 is 11.8 Å². The van der Waals surface area contributed by atoms with Crippen LogP contribution in [-0.2, 0) is 11.2 Å². The van der Waals surface area contributed by atoms with Gasteiger partial charge in [0.25, 0.3) is 0 Å². The minimum Gasteiger partial charge on any atom is -0.342 e. The first-order valence-corrected chi connectivity index (χ1v) is 11.3. The molecule has 0 spiro atoms. The van der Waals surface area contributed by atoms with Gasteiger partial charge in [-0.15, -0.1) is 5.10 Å². The van der Waals surface area contributed by atoms with Crippen molar-refractivity contribution in [3.05, 3.63) is 65.7 Å². The standard InChI is InChI=1S/C23H27N5OS/c1-17-8-6-7-11-21(17)28-23(24-25-26-28)30-18(2)22(29)27-14-12-20(13-15-27)16-19-9-4-3-5-10-19/h3-11,18,20H,12-16H2,1-2H3/t18-/m0/s1. The van der Waals surface area contributed by atoms with Gasteiger partial charge in [0.05, 0.1) is 10.9 Å². The van der Waals surface area contributed by atoms with E-state index in [4.69, 9.17) is 0 Å². The van der Waals surface area contributed by atoms with Crippen LogP contribution < -0.4 is 0 Å². The van der Waals surface area contributed by atoms with E-state index in [1.807, 2.05) is 43.0 Å². The van der Waals surface area contributed by atoms with Gasteiger partial charge in [-0.2, -0.15) is 4.68 Å². The topological polar surface area (TPSA) is 63.9 Å². The number of benzene rings is 2. The summed E-state index contributed by atoms with van der Waals surface area (Å²) in [4.78, 5) is 15.0. The Balaban J connectivity index is 1.34. The van der Waals surface area contributed by atoms with E-state index in [-0.39, 0.29) is 11.2 Å². The maximum Gasteiger partial charge on any atom is 0.235 e. The van der Waals surface area contributed by atoms with E-state index in [1.54, 1.807) is 4.68 Å². The third kappa shape index (κ3) is 4.73. The molecule has 3 aromatic rings. The Morgan fingerprint density at radius 1 is 1.10 bits per heavy atom. The second-order valence-electron chi connectivity index (χ2n) is 7.88. The summed E-state index contributed by atoms with van der Waals surface area (Å²) in [5.74, 6) is 0.810. The molecule has 1 amide bonds. The van der Waals surface area contributed by atoms with E-state index in [1.165, 1.54) is 17.3 Å². The predicted molar refractivity (Wildman–Crippen MR) is 119 cm³/mol. The van der Waals surface area contributed by atoms with Gasteiger partial charge in [0, 0.05) is 13.1 Å². The van der Waals surface area contributed by atoms with Crippen molar-refractivity contribution in [3.8, 4) is 5.69 Å². The first-order valence-electron chi connectivity index (χ1n) is 10.5. The second kappa shape index (κ2) is 9.43. The quantitative estimate of drug-likeness (QED) is 0.564. The molecule has 1 aromatic heterocycles. The molecular weight excluding hydrogens is 394 g/mol. The van der Waals surface area contributed by atoms with Crippen LogP contribution in [0.3, 0.4) is 0 Å². The first kappa shape index (κ1) is 20.6. The van der Waals surface area contributed by atoms with Gasteiger partial charge < -0.3 is 4.90 Å². The summed E-state index contributed by atoms with van der Waals surface area (Å²) in [5, 5.41) is 12.5. The molecule has 0 bridgehead atoms. The lowest BCUT2D eigenvalue weighted by Crippen LogP contribution is -2.42. The van der Waals surface area contributed by atoms with Crippen LogP contribution in [0.1, 0.15) is 30.9 Å². The van der Waals surface area contributed by atoms with Gasteiger partial charge in [-0.3, -0.25) is 4.79 Å². The van der Waals surface area contributed by atoms with Crippen LogP contribution in [0.2, 0.25) is 0 Å². The molecule has 0 unspecified atom stereocenters. The van der Waals surface area contributed by atoms with Crippen LogP contribution in [0.25, 0.3) is 5.69 Å². The number of nitrogens with zero attached hydrogens (tertiary/aromatic N) is 5. The number of tetrazole rings is 1. The Labute approximate surface area is 181 Å². The number of aromatic nitrogens is 4. The fourth-order valence-electron chi connectivity index (χ4n) is 3.98. The van der Waals surface area contributed by atoms with E-state index in [0.29, 0.717) is 11.1 Å². The fraction of sp³-hybridized carbons (Fsp3) is 0.391. The highest BCUT2D eigenvalue weighted by Gasteiger charge is 2.28. The smallest absolute Gasteiger partial charge is 0.235 e. The molecule has 7 heteroatoms. The average molecular weight is 422 g/mol. The summed E-state index contributed by atoms with van der Waals surface area (Å²) >= 11 is 1.42. The predicted octanol–water partition coefficient (Wildman–Crippen LogP) is 3.93. The lowest BCUT2D eigenvalue weighted by Gasteiger charge is -2.33. The number of likely N-dealkylation sites (tertiary alicyclic amines) is 1. The molecular formula is C23H27N5OS. The lowest BCUT2D eigenvalue weighted by molar-refractivity contribution is -0.131. The molecule has 30 heavy (non-hydrogen) atoms. The van der Waals surface area contributed by atoms with E-state index < -0.39 is 0 Å². The van der Waals surface area contributed by atoms with Crippen LogP contribution in [0.15, 0.2) is 59.8 Å². The SMILES string of the molecule is Cc1ccccc1-n1nnnc1S[C@@H](C)C(=O)N1CCC(Cc2ccccc2)CC1. The summed E-state index contributed by atoms with van der Waals surface area (Å²) in [7, 11) is 0. The van der Waals surface area contributed by atoms with Crippen LogP contribution in [0, 0.1) is 12.8 Å². The number of hydrogen-bond donors (Lipinski definition) is 0. The molecule has 2 aromatic carbocycles. The highest BCUT2D eigenvalue weighted by atomic mass is 32.2. The van der Waals surface area contributed by atoms with Crippen molar-refractivity contribution in [1.82, 2.24) is 25.1 Å². The minimum absolute atomic E-state index is 0.164. The number of rotatable bonds is 6. The Kier molecular flexibility index (Phi) is 6.47. The van der Waals surface area contributed by atoms with E-state index >= 15 is 0 Å². The average Bonchev–Trinajstić information content (AvgIpc) is 3.22. The van der Waals surface area contributed by atoms with E-state index in [2.05, 4.69) is 45.9 Å². The van der Waals surface area contributed by atoms with Crippen molar-refractivity contribution in [2.75, 3.05) is 13.1 Å². The first-order chi connectivity index (χ1) is 14.6.